The van der Waals surface area contributed by atoms with Crippen molar-refractivity contribution in [3.05, 3.63) is 109 Å². The van der Waals surface area contributed by atoms with Gasteiger partial charge in [-0.05, 0) is 109 Å². The Labute approximate surface area is 412 Å². The van der Waals surface area contributed by atoms with Crippen LogP contribution >= 0.6 is 0 Å². The molecule has 0 aliphatic rings. The number of hydrogen-bond donors (Lipinski definition) is 0. The Morgan fingerprint density at radius 2 is 0.582 bits per heavy atom. The first-order valence-corrected chi connectivity index (χ1v) is 27.4. The Kier molecular flexibility index (Phi) is 51.5. The number of ether oxygens (including phenoxy) is 3. The molecule has 0 aromatic heterocycles. The third-order valence-corrected chi connectivity index (χ3v) is 11.3. The quantitative estimate of drug-likeness (QED) is 0.0262. The molecule has 0 aromatic carbocycles. The van der Waals surface area contributed by atoms with Crippen molar-refractivity contribution in [3.63, 3.8) is 0 Å². The van der Waals surface area contributed by atoms with Crippen molar-refractivity contribution in [2.45, 2.75) is 245 Å². The molecule has 0 spiro atoms. The Morgan fingerprint density at radius 3 is 0.940 bits per heavy atom. The van der Waals surface area contributed by atoms with E-state index >= 15 is 0 Å². The summed E-state index contributed by atoms with van der Waals surface area (Å²) < 4.78 is 16.7. The van der Waals surface area contributed by atoms with Gasteiger partial charge in [-0.3, -0.25) is 14.4 Å². The first kappa shape index (κ1) is 63.1. The lowest BCUT2D eigenvalue weighted by Crippen LogP contribution is -2.30. The molecule has 67 heavy (non-hydrogen) atoms. The van der Waals surface area contributed by atoms with Crippen molar-refractivity contribution in [1.29, 1.82) is 0 Å². The molecule has 0 rings (SSSR count). The molecule has 0 bridgehead atoms. The molecule has 0 aliphatic carbocycles. The third kappa shape index (κ3) is 52.9. The highest BCUT2D eigenvalue weighted by atomic mass is 16.6. The van der Waals surface area contributed by atoms with Gasteiger partial charge in [0.25, 0.3) is 0 Å². The zero-order valence-electron chi connectivity index (χ0n) is 43.4. The molecule has 6 nitrogen and oxygen atoms in total. The summed E-state index contributed by atoms with van der Waals surface area (Å²) in [5.74, 6) is -0.951. The molecule has 0 saturated carbocycles. The highest BCUT2D eigenvalue weighted by Crippen LogP contribution is 2.13. The highest BCUT2D eigenvalue weighted by molar-refractivity contribution is 5.71. The maximum absolute atomic E-state index is 12.8. The second kappa shape index (κ2) is 54.7. The van der Waals surface area contributed by atoms with Crippen LogP contribution in [-0.2, 0) is 28.6 Å². The van der Waals surface area contributed by atoms with Crippen LogP contribution in [0.15, 0.2) is 109 Å². The van der Waals surface area contributed by atoms with Gasteiger partial charge in [0, 0.05) is 19.3 Å². The van der Waals surface area contributed by atoms with E-state index in [2.05, 4.69) is 130 Å². The van der Waals surface area contributed by atoms with E-state index in [1.807, 2.05) is 0 Å². The van der Waals surface area contributed by atoms with Crippen LogP contribution < -0.4 is 0 Å². The summed E-state index contributed by atoms with van der Waals surface area (Å²) in [5, 5.41) is 0. The standard InChI is InChI=1S/C61H100O6/c1-4-7-10-13-16-19-21-23-25-27-28-29-30-31-32-33-34-35-37-38-40-42-45-48-51-54-60(63)66-57-58(56-65-59(62)53-50-47-44-18-15-12-9-6-3)67-61(64)55-52-49-46-43-41-39-36-26-24-22-20-17-14-11-8-5-2/h7,10,16,19-20,22-23,25-26,28-29,31-32,34-36,38,40,58H,4-6,8-9,11-15,17-18,21,24,27,30,33,37,39,41-57H2,1-3H3/b10-7-,19-16-,22-20-,25-23-,29-28-,32-31-,35-34-,36-26-,40-38-. The van der Waals surface area contributed by atoms with Crippen molar-refractivity contribution in [3.8, 4) is 0 Å². The number of carbonyl (C=O) groups is 3. The smallest absolute Gasteiger partial charge is 0.306 e. The number of esters is 3. The molecule has 0 aromatic rings. The van der Waals surface area contributed by atoms with Gasteiger partial charge in [0.1, 0.15) is 13.2 Å². The van der Waals surface area contributed by atoms with E-state index in [4.69, 9.17) is 14.2 Å². The van der Waals surface area contributed by atoms with E-state index in [-0.39, 0.29) is 31.1 Å². The van der Waals surface area contributed by atoms with Gasteiger partial charge in [-0.2, -0.15) is 0 Å². The molecular formula is C61H100O6. The summed E-state index contributed by atoms with van der Waals surface area (Å²) in [7, 11) is 0. The van der Waals surface area contributed by atoms with E-state index in [0.717, 1.165) is 135 Å². The zero-order chi connectivity index (χ0) is 48.6. The molecule has 1 unspecified atom stereocenters. The van der Waals surface area contributed by atoms with Gasteiger partial charge in [0.15, 0.2) is 6.10 Å². The van der Waals surface area contributed by atoms with Gasteiger partial charge in [-0.15, -0.1) is 0 Å². The van der Waals surface area contributed by atoms with E-state index in [9.17, 15) is 14.4 Å². The van der Waals surface area contributed by atoms with Gasteiger partial charge in [0.05, 0.1) is 0 Å². The molecule has 0 heterocycles. The average Bonchev–Trinajstić information content (AvgIpc) is 3.33. The number of rotatable bonds is 48. The first-order valence-electron chi connectivity index (χ1n) is 27.4. The minimum atomic E-state index is -0.798. The predicted octanol–water partition coefficient (Wildman–Crippen LogP) is 18.3. The zero-order valence-corrected chi connectivity index (χ0v) is 43.4. The summed E-state index contributed by atoms with van der Waals surface area (Å²) >= 11 is 0. The topological polar surface area (TPSA) is 78.9 Å². The Morgan fingerprint density at radius 1 is 0.313 bits per heavy atom. The molecule has 1 atom stereocenters. The number of carbonyl (C=O) groups excluding carboxylic acids is 3. The van der Waals surface area contributed by atoms with Crippen LogP contribution in [-0.4, -0.2) is 37.2 Å². The summed E-state index contributed by atoms with van der Waals surface area (Å²) in [6.07, 6.45) is 73.7. The van der Waals surface area contributed by atoms with Crippen LogP contribution in [0.2, 0.25) is 0 Å². The fraction of sp³-hybridized carbons (Fsp3) is 0.656. The summed E-state index contributed by atoms with van der Waals surface area (Å²) in [4.78, 5) is 37.9. The Bertz CT molecular complexity index is 1390. The molecule has 0 aliphatic heterocycles. The summed E-state index contributed by atoms with van der Waals surface area (Å²) in [6.45, 7) is 6.43. The monoisotopic (exact) mass is 929 g/mol. The van der Waals surface area contributed by atoms with E-state index in [1.165, 1.54) is 64.2 Å². The second-order valence-electron chi connectivity index (χ2n) is 17.8. The molecule has 0 N–H and O–H groups in total. The van der Waals surface area contributed by atoms with Gasteiger partial charge >= 0.3 is 17.9 Å². The van der Waals surface area contributed by atoms with Crippen LogP contribution in [0.3, 0.4) is 0 Å². The van der Waals surface area contributed by atoms with Crippen molar-refractivity contribution in [2.24, 2.45) is 0 Å². The maximum atomic E-state index is 12.8. The SMILES string of the molecule is CC/C=C\C/C=C\C/C=C\C/C=C\C/C=C\C/C=C\C/C=C\CCCCCC(=O)OCC(COC(=O)CCCCCCCCCC)OC(=O)CCCCCCC/C=C\C/C=C\CCCCCC. The number of hydrogen-bond acceptors (Lipinski definition) is 6. The molecule has 0 radical (unpaired) electrons. The van der Waals surface area contributed by atoms with Crippen LogP contribution in [0.4, 0.5) is 0 Å². The van der Waals surface area contributed by atoms with Crippen LogP contribution in [0.1, 0.15) is 239 Å². The lowest BCUT2D eigenvalue weighted by Gasteiger charge is -2.18. The fourth-order valence-electron chi connectivity index (χ4n) is 7.16. The Hall–Kier alpha value is -3.93. The van der Waals surface area contributed by atoms with Crippen molar-refractivity contribution < 1.29 is 28.6 Å². The molecular weight excluding hydrogens is 829 g/mol. The summed E-state index contributed by atoms with van der Waals surface area (Å²) in [5.41, 5.74) is 0. The van der Waals surface area contributed by atoms with Crippen molar-refractivity contribution >= 4 is 17.9 Å². The minimum absolute atomic E-state index is 0.0952. The van der Waals surface area contributed by atoms with Crippen LogP contribution in [0.5, 0.6) is 0 Å². The summed E-state index contributed by atoms with van der Waals surface area (Å²) in [6, 6.07) is 0. The highest BCUT2D eigenvalue weighted by Gasteiger charge is 2.19. The largest absolute Gasteiger partial charge is 0.462 e. The van der Waals surface area contributed by atoms with E-state index in [1.54, 1.807) is 0 Å². The van der Waals surface area contributed by atoms with Crippen LogP contribution in [0.25, 0.3) is 0 Å². The molecule has 0 fully saturated rings. The van der Waals surface area contributed by atoms with E-state index < -0.39 is 6.10 Å². The third-order valence-electron chi connectivity index (χ3n) is 11.3. The number of allylic oxidation sites excluding steroid dienone is 18. The van der Waals surface area contributed by atoms with Crippen molar-refractivity contribution in [2.75, 3.05) is 13.2 Å². The van der Waals surface area contributed by atoms with Gasteiger partial charge in [0.2, 0.25) is 0 Å². The lowest BCUT2D eigenvalue weighted by atomic mass is 10.1. The van der Waals surface area contributed by atoms with Crippen molar-refractivity contribution in [1.82, 2.24) is 0 Å². The van der Waals surface area contributed by atoms with E-state index in [0.29, 0.717) is 19.3 Å². The first-order chi connectivity index (χ1) is 33.0. The lowest BCUT2D eigenvalue weighted by molar-refractivity contribution is -0.167. The minimum Gasteiger partial charge on any atom is -0.462 e. The molecule has 0 saturated heterocycles. The maximum Gasteiger partial charge on any atom is 0.306 e. The van der Waals surface area contributed by atoms with Gasteiger partial charge in [-0.25, -0.2) is 0 Å². The molecule has 6 heteroatoms. The number of unbranched alkanes of at least 4 members (excludes halogenated alkanes) is 19. The molecule has 380 valence electrons. The Balaban J connectivity index is 4.36. The van der Waals surface area contributed by atoms with Gasteiger partial charge in [-0.1, -0.05) is 220 Å². The van der Waals surface area contributed by atoms with Gasteiger partial charge < -0.3 is 14.2 Å². The second-order valence-corrected chi connectivity index (χ2v) is 17.8. The predicted molar refractivity (Wildman–Crippen MR) is 288 cm³/mol. The average molecular weight is 929 g/mol. The fourth-order valence-corrected chi connectivity index (χ4v) is 7.16. The van der Waals surface area contributed by atoms with Crippen LogP contribution in [0, 0.1) is 0 Å². The normalized spacial score (nSPS) is 12.9. The molecule has 0 amide bonds.